The van der Waals surface area contributed by atoms with Gasteiger partial charge in [0.15, 0.2) is 0 Å². The lowest BCUT2D eigenvalue weighted by Gasteiger charge is -2.15. The number of aryl methyl sites for hydroxylation is 2. The van der Waals surface area contributed by atoms with Gasteiger partial charge in [-0.25, -0.2) is 4.98 Å². The first-order chi connectivity index (χ1) is 9.60. The van der Waals surface area contributed by atoms with Crippen LogP contribution in [0.2, 0.25) is 0 Å². The summed E-state index contributed by atoms with van der Waals surface area (Å²) in [5.41, 5.74) is 2.37. The number of nitrogens with one attached hydrogen (secondary N) is 1. The lowest BCUT2D eigenvalue weighted by Crippen LogP contribution is -2.17. The van der Waals surface area contributed by atoms with Gasteiger partial charge in [0, 0.05) is 4.88 Å². The van der Waals surface area contributed by atoms with Crippen LogP contribution in [0.5, 0.6) is 5.75 Å². The number of rotatable bonds is 5. The van der Waals surface area contributed by atoms with Crippen molar-refractivity contribution in [2.24, 2.45) is 0 Å². The van der Waals surface area contributed by atoms with Gasteiger partial charge in [-0.15, -0.1) is 11.3 Å². The quantitative estimate of drug-likeness (QED) is 0.877. The van der Waals surface area contributed by atoms with E-state index in [4.69, 9.17) is 9.72 Å². The summed E-state index contributed by atoms with van der Waals surface area (Å²) in [6, 6.07) is 6.25. The highest BCUT2D eigenvalue weighted by Crippen LogP contribution is 2.32. The topological polar surface area (TPSA) is 34.2 Å². The van der Waals surface area contributed by atoms with Crippen molar-refractivity contribution >= 4 is 27.3 Å². The largest absolute Gasteiger partial charge is 0.496 e. The molecule has 0 aliphatic carbocycles. The van der Waals surface area contributed by atoms with Crippen LogP contribution in [-0.4, -0.2) is 19.1 Å². The molecule has 1 heterocycles. The zero-order valence-corrected chi connectivity index (χ0v) is 14.6. The Kier molecular flexibility index (Phi) is 5.18. The van der Waals surface area contributed by atoms with Crippen molar-refractivity contribution in [1.29, 1.82) is 0 Å². The van der Waals surface area contributed by atoms with E-state index in [0.717, 1.165) is 21.7 Å². The van der Waals surface area contributed by atoms with Gasteiger partial charge in [0.25, 0.3) is 0 Å². The molecule has 0 amide bonds. The Bertz CT molecular complexity index is 598. The number of halogens is 1. The second kappa shape index (κ2) is 6.70. The molecule has 1 N–H and O–H groups in total. The Morgan fingerprint density at radius 1 is 1.45 bits per heavy atom. The molecule has 0 fully saturated rings. The van der Waals surface area contributed by atoms with Crippen LogP contribution in [0, 0.1) is 6.92 Å². The number of hydrogen-bond donors (Lipinski definition) is 1. The maximum Gasteiger partial charge on any atom is 0.133 e. The van der Waals surface area contributed by atoms with Crippen molar-refractivity contribution < 1.29 is 4.74 Å². The first-order valence-electron chi connectivity index (χ1n) is 6.57. The van der Waals surface area contributed by atoms with Crippen LogP contribution in [0.4, 0.5) is 0 Å². The number of methoxy groups -OCH3 is 1. The molecule has 0 spiro atoms. The summed E-state index contributed by atoms with van der Waals surface area (Å²) < 4.78 is 6.24. The second-order valence-corrected chi connectivity index (χ2v) is 6.61. The van der Waals surface area contributed by atoms with E-state index < -0.39 is 0 Å². The number of nitrogens with zero attached hydrogens (tertiary/aromatic N) is 1. The van der Waals surface area contributed by atoms with Gasteiger partial charge in [-0.2, -0.15) is 0 Å². The molecule has 108 valence electrons. The molecule has 0 saturated carbocycles. The Labute approximate surface area is 132 Å². The summed E-state index contributed by atoms with van der Waals surface area (Å²) in [6.45, 7) is 4.28. The molecular formula is C15H19BrN2OS. The van der Waals surface area contributed by atoms with Crippen molar-refractivity contribution in [2.45, 2.75) is 26.3 Å². The Morgan fingerprint density at radius 2 is 2.20 bits per heavy atom. The molecule has 0 aliphatic rings. The zero-order chi connectivity index (χ0) is 14.7. The van der Waals surface area contributed by atoms with Crippen molar-refractivity contribution in [1.82, 2.24) is 10.3 Å². The summed E-state index contributed by atoms with van der Waals surface area (Å²) in [4.78, 5) is 6.06. The normalized spacial score (nSPS) is 12.4. The van der Waals surface area contributed by atoms with Gasteiger partial charge < -0.3 is 10.1 Å². The van der Waals surface area contributed by atoms with Crippen LogP contribution in [0.25, 0.3) is 0 Å². The third-order valence-electron chi connectivity index (χ3n) is 3.29. The molecular weight excluding hydrogens is 336 g/mol. The Hall–Kier alpha value is -0.910. The van der Waals surface area contributed by atoms with E-state index in [9.17, 15) is 0 Å². The van der Waals surface area contributed by atoms with Crippen molar-refractivity contribution in [3.05, 3.63) is 43.8 Å². The fourth-order valence-electron chi connectivity index (χ4n) is 2.20. The van der Waals surface area contributed by atoms with Crippen LogP contribution in [-0.2, 0) is 6.42 Å². The molecule has 5 heteroatoms. The SMILES string of the molecule is CCc1nc(C(NC)c2ccc(OC)c(Br)c2)sc1C. The van der Waals surface area contributed by atoms with E-state index in [0.29, 0.717) is 0 Å². The van der Waals surface area contributed by atoms with E-state index in [-0.39, 0.29) is 6.04 Å². The fraction of sp³-hybridized carbons (Fsp3) is 0.400. The molecule has 3 nitrogen and oxygen atoms in total. The predicted octanol–water partition coefficient (Wildman–Crippen LogP) is 4.09. The molecule has 0 saturated heterocycles. The van der Waals surface area contributed by atoms with Crippen LogP contribution >= 0.6 is 27.3 Å². The highest BCUT2D eigenvalue weighted by molar-refractivity contribution is 9.10. The molecule has 2 rings (SSSR count). The first kappa shape index (κ1) is 15.5. The molecule has 0 aliphatic heterocycles. The standard InChI is InChI=1S/C15H19BrN2OS/c1-5-12-9(2)20-15(18-12)14(17-3)10-6-7-13(19-4)11(16)8-10/h6-8,14,17H,5H2,1-4H3. The third-order valence-corrected chi connectivity index (χ3v) is 4.99. The highest BCUT2D eigenvalue weighted by Gasteiger charge is 2.18. The monoisotopic (exact) mass is 354 g/mol. The van der Waals surface area contributed by atoms with Crippen LogP contribution in [0.1, 0.15) is 34.1 Å². The third kappa shape index (κ3) is 3.05. The van der Waals surface area contributed by atoms with Crippen molar-refractivity contribution in [3.8, 4) is 5.75 Å². The minimum atomic E-state index is 0.112. The molecule has 2 aromatic rings. The van der Waals surface area contributed by atoms with Crippen molar-refractivity contribution in [3.63, 3.8) is 0 Å². The lowest BCUT2D eigenvalue weighted by atomic mass is 10.1. The Morgan fingerprint density at radius 3 is 2.70 bits per heavy atom. The number of thiazole rings is 1. The summed E-state index contributed by atoms with van der Waals surface area (Å²) >= 11 is 5.30. The van der Waals surface area contributed by atoms with E-state index in [2.05, 4.69) is 47.2 Å². The predicted molar refractivity (Wildman–Crippen MR) is 87.8 cm³/mol. The minimum absolute atomic E-state index is 0.112. The molecule has 20 heavy (non-hydrogen) atoms. The van der Waals surface area contributed by atoms with Gasteiger partial charge in [0.2, 0.25) is 0 Å². The van der Waals surface area contributed by atoms with Gasteiger partial charge in [-0.3, -0.25) is 0 Å². The van der Waals surface area contributed by atoms with Gasteiger partial charge in [0.1, 0.15) is 10.8 Å². The minimum Gasteiger partial charge on any atom is -0.496 e. The first-order valence-corrected chi connectivity index (χ1v) is 8.18. The van der Waals surface area contributed by atoms with E-state index in [1.807, 2.05) is 13.1 Å². The highest BCUT2D eigenvalue weighted by atomic mass is 79.9. The maximum atomic E-state index is 5.28. The zero-order valence-electron chi connectivity index (χ0n) is 12.2. The van der Waals surface area contributed by atoms with Gasteiger partial charge >= 0.3 is 0 Å². The Balaban J connectivity index is 2.38. The smallest absolute Gasteiger partial charge is 0.133 e. The van der Waals surface area contributed by atoms with Crippen LogP contribution < -0.4 is 10.1 Å². The van der Waals surface area contributed by atoms with E-state index >= 15 is 0 Å². The van der Waals surface area contributed by atoms with E-state index in [1.54, 1.807) is 18.4 Å². The maximum absolute atomic E-state index is 5.28. The summed E-state index contributed by atoms with van der Waals surface area (Å²) in [6.07, 6.45) is 0.977. The van der Waals surface area contributed by atoms with Crippen LogP contribution in [0.15, 0.2) is 22.7 Å². The number of benzene rings is 1. The molecule has 1 aromatic carbocycles. The molecule has 1 unspecified atom stereocenters. The number of aromatic nitrogens is 1. The summed E-state index contributed by atoms with van der Waals surface area (Å²) in [7, 11) is 3.64. The lowest BCUT2D eigenvalue weighted by molar-refractivity contribution is 0.412. The van der Waals surface area contributed by atoms with Gasteiger partial charge in [0.05, 0.1) is 23.3 Å². The summed E-state index contributed by atoms with van der Waals surface area (Å²) in [5, 5.41) is 4.46. The number of hydrogen-bond acceptors (Lipinski definition) is 4. The average molecular weight is 355 g/mol. The molecule has 0 radical (unpaired) electrons. The molecule has 1 atom stereocenters. The van der Waals surface area contributed by atoms with Gasteiger partial charge in [-0.05, 0) is 54.0 Å². The van der Waals surface area contributed by atoms with Gasteiger partial charge in [-0.1, -0.05) is 13.0 Å². The second-order valence-electron chi connectivity index (χ2n) is 4.52. The van der Waals surface area contributed by atoms with Crippen molar-refractivity contribution in [2.75, 3.05) is 14.2 Å². The fourth-order valence-corrected chi connectivity index (χ4v) is 3.90. The average Bonchev–Trinajstić information content (AvgIpc) is 2.81. The molecule has 1 aromatic heterocycles. The summed E-state index contributed by atoms with van der Waals surface area (Å²) in [5.74, 6) is 0.841. The number of ether oxygens (including phenoxy) is 1. The van der Waals surface area contributed by atoms with Crippen LogP contribution in [0.3, 0.4) is 0 Å². The molecule has 0 bridgehead atoms. The van der Waals surface area contributed by atoms with E-state index in [1.165, 1.54) is 16.1 Å².